The molecule has 0 fully saturated rings. The Hall–Kier alpha value is -2.21. The van der Waals surface area contributed by atoms with Crippen molar-refractivity contribution in [3.8, 4) is 5.82 Å². The first kappa shape index (κ1) is 16.2. The van der Waals surface area contributed by atoms with Crippen molar-refractivity contribution < 1.29 is 4.79 Å². The summed E-state index contributed by atoms with van der Waals surface area (Å²) < 4.78 is 1.84. The summed E-state index contributed by atoms with van der Waals surface area (Å²) in [4.78, 5) is 20.3. The molecule has 6 heteroatoms. The number of amides is 1. The van der Waals surface area contributed by atoms with Crippen molar-refractivity contribution in [2.24, 2.45) is 5.73 Å². The highest BCUT2D eigenvalue weighted by atomic mass is 16.1. The molecule has 0 unspecified atom stereocenters. The van der Waals surface area contributed by atoms with Crippen LogP contribution in [0.4, 0.5) is 0 Å². The van der Waals surface area contributed by atoms with Crippen LogP contribution in [0.2, 0.25) is 0 Å². The largest absolute Gasteiger partial charge is 0.352 e. The first-order valence-corrected chi connectivity index (χ1v) is 7.70. The fourth-order valence-electron chi connectivity index (χ4n) is 2.25. The summed E-state index contributed by atoms with van der Waals surface area (Å²) in [5.74, 6) is 0.872. The van der Waals surface area contributed by atoms with Crippen LogP contribution < -0.4 is 11.1 Å². The molecule has 0 aromatic carbocycles. The molecule has 0 atom stereocenters. The minimum Gasteiger partial charge on any atom is -0.352 e. The molecule has 0 aliphatic heterocycles. The van der Waals surface area contributed by atoms with Gasteiger partial charge in [0, 0.05) is 37.1 Å². The summed E-state index contributed by atoms with van der Waals surface area (Å²) in [7, 11) is 0. The third kappa shape index (κ3) is 4.96. The van der Waals surface area contributed by atoms with E-state index in [4.69, 9.17) is 5.73 Å². The molecule has 2 heterocycles. The lowest BCUT2D eigenvalue weighted by molar-refractivity contribution is -0.121. The molecule has 0 saturated carbocycles. The van der Waals surface area contributed by atoms with Crippen molar-refractivity contribution in [1.29, 1.82) is 0 Å². The van der Waals surface area contributed by atoms with Crippen molar-refractivity contribution in [3.05, 3.63) is 42.6 Å². The van der Waals surface area contributed by atoms with Gasteiger partial charge in [0.2, 0.25) is 5.91 Å². The average molecular weight is 301 g/mol. The molecule has 6 nitrogen and oxygen atoms in total. The van der Waals surface area contributed by atoms with Crippen LogP contribution in [-0.4, -0.2) is 27.0 Å². The van der Waals surface area contributed by atoms with Gasteiger partial charge in [0.05, 0.1) is 0 Å². The van der Waals surface area contributed by atoms with E-state index in [0.29, 0.717) is 13.0 Å². The number of hydrogen-bond acceptors (Lipinski definition) is 4. The number of imidazole rings is 1. The van der Waals surface area contributed by atoms with Crippen LogP contribution in [0.1, 0.15) is 37.7 Å². The van der Waals surface area contributed by atoms with Crippen LogP contribution in [0.5, 0.6) is 0 Å². The summed E-state index contributed by atoms with van der Waals surface area (Å²) in [5, 5.41) is 2.95. The van der Waals surface area contributed by atoms with Gasteiger partial charge in [0.1, 0.15) is 12.1 Å². The van der Waals surface area contributed by atoms with Crippen molar-refractivity contribution >= 4 is 5.91 Å². The van der Waals surface area contributed by atoms with E-state index >= 15 is 0 Å². The molecule has 0 radical (unpaired) electrons. The van der Waals surface area contributed by atoms with Crippen LogP contribution in [-0.2, 0) is 11.3 Å². The van der Waals surface area contributed by atoms with E-state index < -0.39 is 0 Å². The van der Waals surface area contributed by atoms with Gasteiger partial charge in [-0.05, 0) is 25.5 Å². The lowest BCUT2D eigenvalue weighted by Crippen LogP contribution is -2.23. The summed E-state index contributed by atoms with van der Waals surface area (Å²) in [5.41, 5.74) is 6.41. The number of unbranched alkanes of at least 4 members (excludes halogenated alkanes) is 3. The van der Waals surface area contributed by atoms with Gasteiger partial charge in [0.15, 0.2) is 0 Å². The second kappa shape index (κ2) is 8.94. The number of carbonyl (C=O) groups is 1. The molecule has 0 aliphatic rings. The third-order valence-electron chi connectivity index (χ3n) is 3.45. The number of pyridine rings is 1. The number of rotatable bonds is 9. The highest BCUT2D eigenvalue weighted by Crippen LogP contribution is 2.11. The predicted molar refractivity (Wildman–Crippen MR) is 85.3 cm³/mol. The van der Waals surface area contributed by atoms with E-state index in [2.05, 4.69) is 15.3 Å². The molecule has 1 amide bonds. The first-order chi connectivity index (χ1) is 10.8. The Morgan fingerprint density at radius 2 is 2.09 bits per heavy atom. The Kier molecular flexibility index (Phi) is 6.57. The van der Waals surface area contributed by atoms with Crippen molar-refractivity contribution in [3.63, 3.8) is 0 Å². The number of carbonyl (C=O) groups excluding carboxylic acids is 1. The smallest absolute Gasteiger partial charge is 0.220 e. The molecule has 2 rings (SSSR count). The van der Waals surface area contributed by atoms with E-state index in [-0.39, 0.29) is 5.91 Å². The van der Waals surface area contributed by atoms with E-state index in [0.717, 1.165) is 43.6 Å². The highest BCUT2D eigenvalue weighted by molar-refractivity contribution is 5.75. The molecule has 2 aromatic heterocycles. The van der Waals surface area contributed by atoms with Gasteiger partial charge in [-0.3, -0.25) is 9.36 Å². The number of nitrogens with zero attached hydrogens (tertiary/aromatic N) is 3. The Morgan fingerprint density at radius 1 is 1.23 bits per heavy atom. The van der Waals surface area contributed by atoms with Crippen LogP contribution in [0.3, 0.4) is 0 Å². The standard InChI is InChI=1S/C16H23N5O/c17-8-4-2-1-3-7-15(22)20-12-14-6-5-9-19-16(14)21-11-10-18-13-21/h5-6,9-11,13H,1-4,7-8,12,17H2,(H,20,22). The summed E-state index contributed by atoms with van der Waals surface area (Å²) in [6.45, 7) is 1.20. The maximum Gasteiger partial charge on any atom is 0.220 e. The molecule has 118 valence electrons. The zero-order valence-corrected chi connectivity index (χ0v) is 12.7. The predicted octanol–water partition coefficient (Wildman–Crippen LogP) is 1.79. The lowest BCUT2D eigenvalue weighted by atomic mass is 10.1. The molecule has 0 aliphatic carbocycles. The van der Waals surface area contributed by atoms with Gasteiger partial charge < -0.3 is 11.1 Å². The van der Waals surface area contributed by atoms with Crippen LogP contribution in [0.15, 0.2) is 37.1 Å². The van der Waals surface area contributed by atoms with Crippen LogP contribution in [0, 0.1) is 0 Å². The monoisotopic (exact) mass is 301 g/mol. The molecule has 3 N–H and O–H groups in total. The molecular formula is C16H23N5O. The molecule has 0 saturated heterocycles. The number of nitrogens with one attached hydrogen (secondary N) is 1. The fourth-order valence-corrected chi connectivity index (χ4v) is 2.25. The SMILES string of the molecule is NCCCCCCC(=O)NCc1cccnc1-n1ccnc1. The van der Waals surface area contributed by atoms with Gasteiger partial charge >= 0.3 is 0 Å². The minimum atomic E-state index is 0.0770. The number of aromatic nitrogens is 3. The van der Waals surface area contributed by atoms with Gasteiger partial charge in [-0.25, -0.2) is 9.97 Å². The summed E-state index contributed by atoms with van der Waals surface area (Å²) >= 11 is 0. The van der Waals surface area contributed by atoms with Crippen LogP contribution in [0.25, 0.3) is 5.82 Å². The zero-order chi connectivity index (χ0) is 15.6. The quantitative estimate of drug-likeness (QED) is 0.691. The second-order valence-corrected chi connectivity index (χ2v) is 5.19. The van der Waals surface area contributed by atoms with Gasteiger partial charge in [-0.1, -0.05) is 18.9 Å². The second-order valence-electron chi connectivity index (χ2n) is 5.19. The van der Waals surface area contributed by atoms with E-state index in [1.54, 1.807) is 18.7 Å². The van der Waals surface area contributed by atoms with E-state index in [1.807, 2.05) is 22.9 Å². The Balaban J connectivity index is 1.81. The minimum absolute atomic E-state index is 0.0770. The maximum atomic E-state index is 11.9. The van der Waals surface area contributed by atoms with Crippen molar-refractivity contribution in [1.82, 2.24) is 19.9 Å². The van der Waals surface area contributed by atoms with Gasteiger partial charge in [-0.2, -0.15) is 0 Å². The Labute approximate surface area is 130 Å². The van der Waals surface area contributed by atoms with Gasteiger partial charge in [0.25, 0.3) is 0 Å². The van der Waals surface area contributed by atoms with Crippen molar-refractivity contribution in [2.45, 2.75) is 38.6 Å². The normalized spacial score (nSPS) is 10.6. The third-order valence-corrected chi connectivity index (χ3v) is 3.45. The van der Waals surface area contributed by atoms with Crippen LogP contribution >= 0.6 is 0 Å². The topological polar surface area (TPSA) is 85.8 Å². The van der Waals surface area contributed by atoms with Crippen molar-refractivity contribution in [2.75, 3.05) is 6.54 Å². The van der Waals surface area contributed by atoms with E-state index in [1.165, 1.54) is 0 Å². The van der Waals surface area contributed by atoms with Gasteiger partial charge in [-0.15, -0.1) is 0 Å². The fraction of sp³-hybridized carbons (Fsp3) is 0.438. The lowest BCUT2D eigenvalue weighted by Gasteiger charge is -2.10. The number of hydrogen-bond donors (Lipinski definition) is 2. The highest BCUT2D eigenvalue weighted by Gasteiger charge is 2.07. The zero-order valence-electron chi connectivity index (χ0n) is 12.7. The first-order valence-electron chi connectivity index (χ1n) is 7.70. The molecule has 0 spiro atoms. The molecule has 22 heavy (non-hydrogen) atoms. The summed E-state index contributed by atoms with van der Waals surface area (Å²) in [6, 6.07) is 3.83. The molecular weight excluding hydrogens is 278 g/mol. The average Bonchev–Trinajstić information content (AvgIpc) is 3.07. The molecule has 0 bridgehead atoms. The number of nitrogens with two attached hydrogens (primary N) is 1. The molecule has 2 aromatic rings. The summed E-state index contributed by atoms with van der Waals surface area (Å²) in [6.07, 6.45) is 11.6. The van der Waals surface area contributed by atoms with E-state index in [9.17, 15) is 4.79 Å². The Bertz CT molecular complexity index is 568. The Morgan fingerprint density at radius 3 is 2.86 bits per heavy atom. The maximum absolute atomic E-state index is 11.9.